The number of rotatable bonds is 10. The smallest absolute Gasteiger partial charge is 0.250 e. The number of unbranched alkanes of at least 4 members (excludes halogenated alkanes) is 1. The molecule has 7 heteroatoms. The van der Waals surface area contributed by atoms with Crippen LogP contribution in [0.2, 0.25) is 0 Å². The molecule has 2 amide bonds. The summed E-state index contributed by atoms with van der Waals surface area (Å²) in [6.45, 7) is 2.79. The molecule has 7 nitrogen and oxygen atoms in total. The lowest BCUT2D eigenvalue weighted by atomic mass is 10.2. The van der Waals surface area contributed by atoms with Crippen LogP contribution in [0, 0.1) is 0 Å². The second-order valence-electron chi connectivity index (χ2n) is 4.55. The molecule has 0 fully saturated rings. The number of ether oxygens (including phenoxy) is 2. The lowest BCUT2D eigenvalue weighted by Gasteiger charge is -2.08. The summed E-state index contributed by atoms with van der Waals surface area (Å²) in [7, 11) is 0. The number of nitrogens with one attached hydrogen (secondary N) is 2. The molecule has 0 saturated carbocycles. The number of benzene rings is 1. The van der Waals surface area contributed by atoms with Crippen LogP contribution >= 0.6 is 0 Å². The number of hydroxylamine groups is 1. The molecule has 0 saturated heterocycles. The maximum Gasteiger partial charge on any atom is 0.250 e. The van der Waals surface area contributed by atoms with Gasteiger partial charge < -0.3 is 14.8 Å². The zero-order valence-electron chi connectivity index (χ0n) is 12.6. The van der Waals surface area contributed by atoms with Crippen molar-refractivity contribution in [2.75, 3.05) is 25.1 Å². The first-order chi connectivity index (χ1) is 10.7. The first kappa shape index (κ1) is 17.9. The molecular formula is C15H22N2O5. The molecule has 0 aliphatic rings. The standard InChI is InChI=1S/C15H22N2O5/c1-2-22-13-7-5-6-12(10-13)16-15(19)11-21-9-4-3-8-14(18)17-20/h5-7,10,20H,2-4,8-9,11H2,1H3,(H,16,19)(H,17,18). The summed E-state index contributed by atoms with van der Waals surface area (Å²) in [5.41, 5.74) is 2.21. The van der Waals surface area contributed by atoms with Crippen LogP contribution < -0.4 is 15.5 Å². The van der Waals surface area contributed by atoms with Crippen LogP contribution in [0.25, 0.3) is 0 Å². The fourth-order valence-corrected chi connectivity index (χ4v) is 1.74. The molecule has 0 aliphatic heterocycles. The van der Waals surface area contributed by atoms with Crippen molar-refractivity contribution in [2.24, 2.45) is 0 Å². The second kappa shape index (κ2) is 10.6. The minimum absolute atomic E-state index is 0.0505. The average Bonchev–Trinajstić information content (AvgIpc) is 2.51. The second-order valence-corrected chi connectivity index (χ2v) is 4.55. The maximum atomic E-state index is 11.7. The number of amides is 2. The Bertz CT molecular complexity index is 479. The Hall–Kier alpha value is -2.12. The lowest BCUT2D eigenvalue weighted by Crippen LogP contribution is -2.19. The Kier molecular flexibility index (Phi) is 8.63. The Morgan fingerprint density at radius 3 is 2.77 bits per heavy atom. The van der Waals surface area contributed by atoms with Gasteiger partial charge in [-0.05, 0) is 31.9 Å². The fourth-order valence-electron chi connectivity index (χ4n) is 1.74. The van der Waals surface area contributed by atoms with Gasteiger partial charge in [-0.2, -0.15) is 0 Å². The molecule has 22 heavy (non-hydrogen) atoms. The topological polar surface area (TPSA) is 96.9 Å². The van der Waals surface area contributed by atoms with Gasteiger partial charge in [-0.15, -0.1) is 0 Å². The van der Waals surface area contributed by atoms with Gasteiger partial charge in [0.1, 0.15) is 12.4 Å². The van der Waals surface area contributed by atoms with E-state index in [0.29, 0.717) is 37.5 Å². The van der Waals surface area contributed by atoms with Gasteiger partial charge in [0.15, 0.2) is 0 Å². The van der Waals surface area contributed by atoms with Gasteiger partial charge in [-0.25, -0.2) is 5.48 Å². The number of carbonyl (C=O) groups is 2. The monoisotopic (exact) mass is 310 g/mol. The van der Waals surface area contributed by atoms with E-state index in [4.69, 9.17) is 14.7 Å². The molecule has 0 bridgehead atoms. The average molecular weight is 310 g/mol. The van der Waals surface area contributed by atoms with E-state index in [-0.39, 0.29) is 18.9 Å². The van der Waals surface area contributed by atoms with Gasteiger partial charge in [-0.3, -0.25) is 14.8 Å². The SMILES string of the molecule is CCOc1cccc(NC(=O)COCCCCC(=O)NO)c1. The van der Waals surface area contributed by atoms with E-state index in [1.54, 1.807) is 23.7 Å². The molecule has 0 atom stereocenters. The van der Waals surface area contributed by atoms with Gasteiger partial charge in [-0.1, -0.05) is 6.07 Å². The number of hydrogen-bond donors (Lipinski definition) is 3. The van der Waals surface area contributed by atoms with Gasteiger partial charge in [0.2, 0.25) is 11.8 Å². The summed E-state index contributed by atoms with van der Waals surface area (Å²) in [5.74, 6) is 0.0250. The van der Waals surface area contributed by atoms with E-state index in [9.17, 15) is 9.59 Å². The highest BCUT2D eigenvalue weighted by atomic mass is 16.5. The minimum Gasteiger partial charge on any atom is -0.494 e. The van der Waals surface area contributed by atoms with Crippen LogP contribution in [0.15, 0.2) is 24.3 Å². The van der Waals surface area contributed by atoms with E-state index in [0.717, 1.165) is 0 Å². The van der Waals surface area contributed by atoms with Crippen molar-refractivity contribution < 1.29 is 24.3 Å². The summed E-state index contributed by atoms with van der Waals surface area (Å²) in [4.78, 5) is 22.4. The molecule has 0 heterocycles. The summed E-state index contributed by atoms with van der Waals surface area (Å²) in [6.07, 6.45) is 1.46. The van der Waals surface area contributed by atoms with Crippen molar-refractivity contribution in [3.05, 3.63) is 24.3 Å². The van der Waals surface area contributed by atoms with Crippen LogP contribution in [0.4, 0.5) is 5.69 Å². The summed E-state index contributed by atoms with van der Waals surface area (Å²) in [5, 5.41) is 11.0. The van der Waals surface area contributed by atoms with Crippen molar-refractivity contribution in [1.29, 1.82) is 0 Å². The molecule has 1 aromatic rings. The number of hydrogen-bond acceptors (Lipinski definition) is 5. The van der Waals surface area contributed by atoms with Crippen molar-refractivity contribution in [2.45, 2.75) is 26.2 Å². The lowest BCUT2D eigenvalue weighted by molar-refractivity contribution is -0.129. The maximum absolute atomic E-state index is 11.7. The van der Waals surface area contributed by atoms with Gasteiger partial charge in [0.05, 0.1) is 6.61 Å². The van der Waals surface area contributed by atoms with Crippen molar-refractivity contribution in [3.63, 3.8) is 0 Å². The van der Waals surface area contributed by atoms with Crippen LogP contribution in [0.5, 0.6) is 5.75 Å². The molecule has 0 aliphatic carbocycles. The third kappa shape index (κ3) is 7.61. The zero-order chi connectivity index (χ0) is 16.2. The molecule has 1 aromatic carbocycles. The third-order valence-electron chi connectivity index (χ3n) is 2.73. The molecule has 0 unspecified atom stereocenters. The van der Waals surface area contributed by atoms with Crippen molar-refractivity contribution in [3.8, 4) is 5.75 Å². The fraction of sp³-hybridized carbons (Fsp3) is 0.467. The zero-order valence-corrected chi connectivity index (χ0v) is 12.6. The quantitative estimate of drug-likeness (QED) is 0.347. The van der Waals surface area contributed by atoms with E-state index in [1.807, 2.05) is 13.0 Å². The first-order valence-corrected chi connectivity index (χ1v) is 7.19. The van der Waals surface area contributed by atoms with Gasteiger partial charge in [0.25, 0.3) is 0 Å². The molecule has 3 N–H and O–H groups in total. The third-order valence-corrected chi connectivity index (χ3v) is 2.73. The Morgan fingerprint density at radius 2 is 2.05 bits per heavy atom. The molecule has 0 radical (unpaired) electrons. The van der Waals surface area contributed by atoms with Gasteiger partial charge >= 0.3 is 0 Å². The van der Waals surface area contributed by atoms with Crippen LogP contribution in [0.1, 0.15) is 26.2 Å². The Balaban J connectivity index is 2.18. The van der Waals surface area contributed by atoms with E-state index >= 15 is 0 Å². The van der Waals surface area contributed by atoms with Crippen LogP contribution in [-0.4, -0.2) is 36.8 Å². The minimum atomic E-state index is -0.424. The predicted molar refractivity (Wildman–Crippen MR) is 80.8 cm³/mol. The van der Waals surface area contributed by atoms with E-state index in [2.05, 4.69) is 5.32 Å². The number of carbonyl (C=O) groups excluding carboxylic acids is 2. The van der Waals surface area contributed by atoms with Crippen molar-refractivity contribution in [1.82, 2.24) is 5.48 Å². The van der Waals surface area contributed by atoms with Gasteiger partial charge in [0, 0.05) is 24.8 Å². The normalized spacial score (nSPS) is 10.1. The largest absolute Gasteiger partial charge is 0.494 e. The summed E-state index contributed by atoms with van der Waals surface area (Å²) in [6, 6.07) is 7.13. The highest BCUT2D eigenvalue weighted by Crippen LogP contribution is 2.17. The van der Waals surface area contributed by atoms with E-state index < -0.39 is 5.91 Å². The number of anilines is 1. The highest BCUT2D eigenvalue weighted by molar-refractivity contribution is 5.91. The molecule has 122 valence electrons. The predicted octanol–water partition coefficient (Wildman–Crippen LogP) is 1.72. The molecule has 0 aromatic heterocycles. The first-order valence-electron chi connectivity index (χ1n) is 7.19. The van der Waals surface area contributed by atoms with E-state index in [1.165, 1.54) is 0 Å². The molecule has 0 spiro atoms. The van der Waals surface area contributed by atoms with Crippen LogP contribution in [-0.2, 0) is 14.3 Å². The summed E-state index contributed by atoms with van der Waals surface area (Å²) >= 11 is 0. The Labute approximate surface area is 129 Å². The Morgan fingerprint density at radius 1 is 1.23 bits per heavy atom. The highest BCUT2D eigenvalue weighted by Gasteiger charge is 2.04. The molecule has 1 rings (SSSR count). The summed E-state index contributed by atoms with van der Waals surface area (Å²) < 4.78 is 10.6. The molecular weight excluding hydrogens is 288 g/mol. The van der Waals surface area contributed by atoms with Crippen LogP contribution in [0.3, 0.4) is 0 Å². The van der Waals surface area contributed by atoms with Crippen molar-refractivity contribution >= 4 is 17.5 Å².